The van der Waals surface area contributed by atoms with Crippen molar-refractivity contribution in [3.63, 3.8) is 0 Å². The molecule has 0 unspecified atom stereocenters. The van der Waals surface area contributed by atoms with Crippen LogP contribution < -0.4 is 4.74 Å². The molecule has 0 amide bonds. The van der Waals surface area contributed by atoms with Gasteiger partial charge in [0.2, 0.25) is 0 Å². The number of rotatable bonds is 5. The molecule has 1 aliphatic heterocycles. The van der Waals surface area contributed by atoms with Gasteiger partial charge in [-0.05, 0) is 29.6 Å². The van der Waals surface area contributed by atoms with E-state index in [1.54, 1.807) is 0 Å². The van der Waals surface area contributed by atoms with E-state index in [0.29, 0.717) is 11.5 Å². The molecule has 0 spiro atoms. The lowest BCUT2D eigenvalue weighted by Crippen LogP contribution is -2.15. The topological polar surface area (TPSA) is 95.7 Å². The van der Waals surface area contributed by atoms with Crippen LogP contribution in [0.3, 0.4) is 0 Å². The van der Waals surface area contributed by atoms with Gasteiger partial charge in [-0.3, -0.25) is 10.1 Å². The fourth-order valence-electron chi connectivity index (χ4n) is 2.75. The second kappa shape index (κ2) is 7.10. The summed E-state index contributed by atoms with van der Waals surface area (Å²) in [5.74, 6) is 1.16. The minimum atomic E-state index is -4.18. The third kappa shape index (κ3) is 3.49. The Bertz CT molecular complexity index is 1170. The number of hydrogen-bond donors (Lipinski definition) is 0. The van der Waals surface area contributed by atoms with E-state index in [0.717, 1.165) is 34.7 Å². The molecule has 0 fully saturated rings. The first-order chi connectivity index (χ1) is 13.4. The van der Waals surface area contributed by atoms with E-state index in [1.807, 2.05) is 41.8 Å². The van der Waals surface area contributed by atoms with E-state index < -0.39 is 15.0 Å². The second-order valence-corrected chi connectivity index (χ2v) is 8.40. The lowest BCUT2D eigenvalue weighted by molar-refractivity contribution is -0.384. The van der Waals surface area contributed by atoms with Crippen LogP contribution in [0, 0.1) is 10.1 Å². The third-order valence-electron chi connectivity index (χ3n) is 4.08. The summed E-state index contributed by atoms with van der Waals surface area (Å²) in [5.41, 5.74) is 0.601. The predicted molar refractivity (Wildman–Crippen MR) is 103 cm³/mol. The first-order valence-electron chi connectivity index (χ1n) is 8.16. The molecule has 0 saturated carbocycles. The molecule has 3 aromatic rings. The summed E-state index contributed by atoms with van der Waals surface area (Å²) < 4.78 is 36.8. The van der Waals surface area contributed by atoms with Crippen LogP contribution in [0.15, 0.2) is 76.7 Å². The second-order valence-electron chi connectivity index (χ2n) is 5.90. The minimum Gasteiger partial charge on any atom is -0.452 e. The van der Waals surface area contributed by atoms with E-state index in [2.05, 4.69) is 0 Å². The number of nitrogens with zero attached hydrogens (tertiary/aromatic N) is 1. The van der Waals surface area contributed by atoms with Crippen molar-refractivity contribution < 1.29 is 22.3 Å². The Balaban J connectivity index is 1.71. The molecule has 2 aromatic carbocycles. The van der Waals surface area contributed by atoms with Gasteiger partial charge < -0.3 is 8.92 Å². The Morgan fingerprint density at radius 3 is 2.46 bits per heavy atom. The number of para-hydroxylation sites is 1. The minimum absolute atomic E-state index is 0.166. The summed E-state index contributed by atoms with van der Waals surface area (Å²) >= 11 is 1.40. The molecule has 0 saturated heterocycles. The van der Waals surface area contributed by atoms with Crippen molar-refractivity contribution in [2.75, 3.05) is 0 Å². The van der Waals surface area contributed by atoms with Crippen molar-refractivity contribution in [3.05, 3.63) is 92.4 Å². The largest absolute Gasteiger partial charge is 0.452 e. The van der Waals surface area contributed by atoms with Gasteiger partial charge in [-0.2, -0.15) is 8.42 Å². The SMILES string of the molecule is O=[N+]([O-])c1ccc(S(=O)(=O)OC2=C(c3cccs3)Oc3ccccc3C2)cc1. The van der Waals surface area contributed by atoms with Crippen molar-refractivity contribution in [1.29, 1.82) is 0 Å². The highest BCUT2D eigenvalue weighted by Crippen LogP contribution is 2.37. The van der Waals surface area contributed by atoms with Crippen molar-refractivity contribution in [1.82, 2.24) is 0 Å². The van der Waals surface area contributed by atoms with Crippen molar-refractivity contribution in [2.45, 2.75) is 11.3 Å². The van der Waals surface area contributed by atoms with Crippen molar-refractivity contribution >= 4 is 32.9 Å². The molecule has 7 nitrogen and oxygen atoms in total. The lowest BCUT2D eigenvalue weighted by atomic mass is 10.1. The number of allylic oxidation sites excluding steroid dienone is 1. The zero-order valence-electron chi connectivity index (χ0n) is 14.3. The smallest absolute Gasteiger partial charge is 0.339 e. The van der Waals surface area contributed by atoms with E-state index in [1.165, 1.54) is 11.3 Å². The zero-order chi connectivity index (χ0) is 19.7. The summed E-state index contributed by atoms with van der Waals surface area (Å²) in [4.78, 5) is 10.7. The van der Waals surface area contributed by atoms with Gasteiger partial charge in [0, 0.05) is 24.1 Å². The Morgan fingerprint density at radius 2 is 1.79 bits per heavy atom. The predicted octanol–water partition coefficient (Wildman–Crippen LogP) is 4.37. The van der Waals surface area contributed by atoms with Crippen LogP contribution in [0.5, 0.6) is 5.75 Å². The fraction of sp³-hybridized carbons (Fsp3) is 0.0526. The zero-order valence-corrected chi connectivity index (χ0v) is 15.9. The molecule has 2 heterocycles. The molecule has 0 bridgehead atoms. The van der Waals surface area contributed by atoms with Crippen molar-refractivity contribution in [3.8, 4) is 5.75 Å². The molecule has 0 atom stereocenters. The first-order valence-corrected chi connectivity index (χ1v) is 10.4. The highest BCUT2D eigenvalue weighted by molar-refractivity contribution is 7.86. The number of ether oxygens (including phenoxy) is 1. The van der Waals surface area contributed by atoms with Crippen LogP contribution in [-0.2, 0) is 20.7 Å². The summed E-state index contributed by atoms with van der Waals surface area (Å²) in [5, 5.41) is 12.6. The summed E-state index contributed by atoms with van der Waals surface area (Å²) in [6.45, 7) is 0. The van der Waals surface area contributed by atoms with E-state index >= 15 is 0 Å². The number of benzene rings is 2. The van der Waals surface area contributed by atoms with Gasteiger partial charge in [0.15, 0.2) is 11.5 Å². The maximum atomic E-state index is 12.7. The molecule has 142 valence electrons. The normalized spacial score (nSPS) is 13.6. The molecule has 28 heavy (non-hydrogen) atoms. The lowest BCUT2D eigenvalue weighted by Gasteiger charge is -2.22. The Hall–Kier alpha value is -3.17. The van der Waals surface area contributed by atoms with Crippen LogP contribution in [0.1, 0.15) is 10.4 Å². The average Bonchev–Trinajstić information content (AvgIpc) is 3.22. The number of hydrogen-bond acceptors (Lipinski definition) is 7. The number of nitro groups is 1. The van der Waals surface area contributed by atoms with Crippen molar-refractivity contribution in [2.24, 2.45) is 0 Å². The molecule has 9 heteroatoms. The van der Waals surface area contributed by atoms with E-state index in [-0.39, 0.29) is 22.8 Å². The van der Waals surface area contributed by atoms with E-state index in [4.69, 9.17) is 8.92 Å². The Labute approximate surface area is 164 Å². The van der Waals surface area contributed by atoms with Gasteiger partial charge in [0.25, 0.3) is 5.69 Å². The highest BCUT2D eigenvalue weighted by atomic mass is 32.2. The monoisotopic (exact) mass is 415 g/mol. The summed E-state index contributed by atoms with van der Waals surface area (Å²) in [7, 11) is -4.18. The van der Waals surface area contributed by atoms with E-state index in [9.17, 15) is 18.5 Å². The average molecular weight is 415 g/mol. The molecule has 0 radical (unpaired) electrons. The maximum Gasteiger partial charge on any atom is 0.339 e. The van der Waals surface area contributed by atoms with Crippen LogP contribution >= 0.6 is 11.3 Å². The third-order valence-corrected chi connectivity index (χ3v) is 6.22. The number of non-ortho nitro benzene ring substituents is 1. The van der Waals surface area contributed by atoms with Gasteiger partial charge in [-0.15, -0.1) is 11.3 Å². The quantitative estimate of drug-likeness (QED) is 0.349. The molecular weight excluding hydrogens is 402 g/mol. The van der Waals surface area contributed by atoms with Gasteiger partial charge in [-0.25, -0.2) is 0 Å². The maximum absolute atomic E-state index is 12.7. The van der Waals surface area contributed by atoms with Gasteiger partial charge in [-0.1, -0.05) is 24.3 Å². The number of nitro benzene ring substituents is 1. The molecule has 0 N–H and O–H groups in total. The number of fused-ring (bicyclic) bond motifs is 1. The van der Waals surface area contributed by atoms with Crippen LogP contribution in [0.4, 0.5) is 5.69 Å². The summed E-state index contributed by atoms with van der Waals surface area (Å²) in [6.07, 6.45) is 0.246. The van der Waals surface area contributed by atoms with Crippen LogP contribution in [0.25, 0.3) is 5.76 Å². The first kappa shape index (κ1) is 18.2. The van der Waals surface area contributed by atoms with Gasteiger partial charge in [0.05, 0.1) is 9.80 Å². The van der Waals surface area contributed by atoms with Crippen LogP contribution in [-0.4, -0.2) is 13.3 Å². The van der Waals surface area contributed by atoms with Gasteiger partial charge in [0.1, 0.15) is 10.6 Å². The van der Waals surface area contributed by atoms with Crippen LogP contribution in [0.2, 0.25) is 0 Å². The number of thiophene rings is 1. The molecule has 1 aromatic heterocycles. The summed E-state index contributed by atoms with van der Waals surface area (Å²) in [6, 6.07) is 15.5. The van der Waals surface area contributed by atoms with Gasteiger partial charge >= 0.3 is 10.1 Å². The molecule has 4 rings (SSSR count). The standard InChI is InChI=1S/C19H13NO6S2/c21-20(22)14-7-9-15(10-8-14)28(23,24)26-17-12-13-4-1-2-5-16(13)25-19(17)18-6-3-11-27-18/h1-11H,12H2. The Morgan fingerprint density at radius 1 is 1.04 bits per heavy atom. The molecule has 0 aliphatic carbocycles. The highest BCUT2D eigenvalue weighted by Gasteiger charge is 2.28. The molecular formula is C19H13NO6S2. The fourth-order valence-corrected chi connectivity index (χ4v) is 4.44. The molecule has 1 aliphatic rings. The Kier molecular flexibility index (Phi) is 4.62.